The number of aryl methyl sites for hydroxylation is 1. The van der Waals surface area contributed by atoms with Crippen LogP contribution in [0.4, 0.5) is 0 Å². The molecule has 2 aromatic heterocycles. The predicted molar refractivity (Wildman–Crippen MR) is 135 cm³/mol. The molecule has 0 aliphatic carbocycles. The third kappa shape index (κ3) is 4.64. The van der Waals surface area contributed by atoms with Crippen LogP contribution >= 0.6 is 15.9 Å². The number of likely N-dealkylation sites (N-methyl/N-ethyl adjacent to an activating group) is 1. The molecule has 7 nitrogen and oxygen atoms in total. The van der Waals surface area contributed by atoms with Crippen molar-refractivity contribution in [2.75, 3.05) is 13.6 Å². The van der Waals surface area contributed by atoms with Gasteiger partial charge < -0.3 is 10.0 Å². The Balaban J connectivity index is 1.79. The van der Waals surface area contributed by atoms with Gasteiger partial charge in [-0.05, 0) is 65.7 Å². The summed E-state index contributed by atoms with van der Waals surface area (Å²) in [4.78, 5) is 18.6. The molecule has 0 saturated carbocycles. The molecule has 0 unspecified atom stereocenters. The first kappa shape index (κ1) is 24.1. The number of carbonyl (C=O) groups excluding carboxylic acids is 1. The van der Waals surface area contributed by atoms with Crippen LogP contribution < -0.4 is 0 Å². The quantitative estimate of drug-likeness (QED) is 0.389. The SMILES string of the molecule is Cc1ccc(S(=O)(=O)n2cc(-c3ccc(C(=O)N(C)C[C@H](C)O)cc3)c3cc(Br)cnc32)cc1. The van der Waals surface area contributed by atoms with Crippen molar-refractivity contribution >= 4 is 42.9 Å². The van der Waals surface area contributed by atoms with Crippen molar-refractivity contribution in [3.05, 3.63) is 82.6 Å². The smallest absolute Gasteiger partial charge is 0.269 e. The van der Waals surface area contributed by atoms with Crippen LogP contribution in [0.15, 0.2) is 76.4 Å². The number of pyridine rings is 1. The molecule has 176 valence electrons. The first-order valence-corrected chi connectivity index (χ1v) is 12.8. The van der Waals surface area contributed by atoms with Crippen LogP contribution in [0.2, 0.25) is 0 Å². The number of fused-ring (bicyclic) bond motifs is 1. The summed E-state index contributed by atoms with van der Waals surface area (Å²) in [6.07, 6.45) is 2.50. The number of aliphatic hydroxyl groups is 1. The maximum Gasteiger partial charge on any atom is 0.269 e. The Bertz CT molecular complexity index is 1460. The summed E-state index contributed by atoms with van der Waals surface area (Å²) in [6, 6.07) is 15.5. The molecule has 1 atom stereocenters. The van der Waals surface area contributed by atoms with Gasteiger partial charge in [0.2, 0.25) is 0 Å². The lowest BCUT2D eigenvalue weighted by molar-refractivity contribution is 0.0703. The van der Waals surface area contributed by atoms with E-state index in [-0.39, 0.29) is 17.3 Å². The van der Waals surface area contributed by atoms with Crippen LogP contribution in [-0.2, 0) is 10.0 Å². The van der Waals surface area contributed by atoms with Crippen molar-refractivity contribution in [2.45, 2.75) is 24.8 Å². The molecule has 9 heteroatoms. The van der Waals surface area contributed by atoms with Crippen LogP contribution in [0.1, 0.15) is 22.8 Å². The highest BCUT2D eigenvalue weighted by Gasteiger charge is 2.23. The van der Waals surface area contributed by atoms with Crippen molar-refractivity contribution in [1.82, 2.24) is 13.9 Å². The van der Waals surface area contributed by atoms with Crippen LogP contribution in [0.3, 0.4) is 0 Å². The molecule has 0 aliphatic heterocycles. The van der Waals surface area contributed by atoms with Gasteiger partial charge in [-0.1, -0.05) is 29.8 Å². The standard InChI is InChI=1S/C25H24BrN3O4S/c1-16-4-10-21(11-5-16)34(32,33)29-15-23(22-12-20(26)13-27-24(22)29)18-6-8-19(9-7-18)25(31)28(3)14-17(2)30/h4-13,15,17,30H,14H2,1-3H3/t17-/m0/s1. The summed E-state index contributed by atoms with van der Waals surface area (Å²) >= 11 is 3.43. The van der Waals surface area contributed by atoms with Gasteiger partial charge in [0, 0.05) is 47.0 Å². The minimum Gasteiger partial charge on any atom is -0.392 e. The highest BCUT2D eigenvalue weighted by atomic mass is 79.9. The Labute approximate surface area is 206 Å². The van der Waals surface area contributed by atoms with Crippen molar-refractivity contribution in [2.24, 2.45) is 0 Å². The Hall–Kier alpha value is -3.01. The molecule has 0 spiro atoms. The first-order valence-electron chi connectivity index (χ1n) is 10.6. The molecule has 34 heavy (non-hydrogen) atoms. The lowest BCUT2D eigenvalue weighted by Gasteiger charge is -2.18. The Morgan fingerprint density at radius 3 is 2.41 bits per heavy atom. The van der Waals surface area contributed by atoms with Crippen LogP contribution in [-0.4, -0.2) is 53.0 Å². The van der Waals surface area contributed by atoms with Crippen molar-refractivity contribution in [3.8, 4) is 11.1 Å². The van der Waals surface area contributed by atoms with Crippen LogP contribution in [0.25, 0.3) is 22.2 Å². The minimum absolute atomic E-state index is 0.174. The van der Waals surface area contributed by atoms with E-state index in [1.807, 2.05) is 13.0 Å². The van der Waals surface area contributed by atoms with Gasteiger partial charge in [-0.25, -0.2) is 17.4 Å². The van der Waals surface area contributed by atoms with E-state index >= 15 is 0 Å². The number of amides is 1. The van der Waals surface area contributed by atoms with Gasteiger partial charge in [0.25, 0.3) is 15.9 Å². The summed E-state index contributed by atoms with van der Waals surface area (Å²) in [5.74, 6) is -0.207. The maximum atomic E-state index is 13.4. The summed E-state index contributed by atoms with van der Waals surface area (Å²) in [7, 11) is -2.24. The monoisotopic (exact) mass is 541 g/mol. The average molecular weight is 542 g/mol. The highest BCUT2D eigenvalue weighted by Crippen LogP contribution is 2.34. The number of aliphatic hydroxyl groups excluding tert-OH is 1. The zero-order chi connectivity index (χ0) is 24.6. The normalized spacial score (nSPS) is 12.6. The van der Waals surface area contributed by atoms with E-state index in [9.17, 15) is 18.3 Å². The molecule has 2 heterocycles. The lowest BCUT2D eigenvalue weighted by atomic mass is 10.0. The fraction of sp³-hybridized carbons (Fsp3) is 0.200. The molecule has 0 fully saturated rings. The molecule has 1 N–H and O–H groups in total. The first-order chi connectivity index (χ1) is 16.1. The van der Waals surface area contributed by atoms with Gasteiger partial charge in [0.15, 0.2) is 5.65 Å². The number of hydrogen-bond acceptors (Lipinski definition) is 5. The largest absolute Gasteiger partial charge is 0.392 e. The number of halogens is 1. The van der Waals surface area contributed by atoms with Gasteiger partial charge in [0.1, 0.15) is 0 Å². The lowest BCUT2D eigenvalue weighted by Crippen LogP contribution is -2.32. The average Bonchev–Trinajstić information content (AvgIpc) is 3.18. The van der Waals surface area contributed by atoms with Crippen molar-refractivity contribution < 1.29 is 18.3 Å². The van der Waals surface area contributed by atoms with E-state index in [2.05, 4.69) is 20.9 Å². The Morgan fingerprint density at radius 1 is 1.15 bits per heavy atom. The fourth-order valence-corrected chi connectivity index (χ4v) is 5.44. The van der Waals surface area contributed by atoms with E-state index in [4.69, 9.17) is 0 Å². The molecule has 0 saturated heterocycles. The van der Waals surface area contributed by atoms with E-state index < -0.39 is 16.1 Å². The third-order valence-corrected chi connectivity index (χ3v) is 7.58. The maximum absolute atomic E-state index is 13.4. The van der Waals surface area contributed by atoms with E-state index in [0.29, 0.717) is 22.2 Å². The van der Waals surface area contributed by atoms with Gasteiger partial charge >= 0.3 is 0 Å². The summed E-state index contributed by atoms with van der Waals surface area (Å²) in [5, 5.41) is 10.2. The second kappa shape index (κ2) is 9.32. The number of hydrogen-bond donors (Lipinski definition) is 1. The highest BCUT2D eigenvalue weighted by molar-refractivity contribution is 9.10. The summed E-state index contributed by atoms with van der Waals surface area (Å²) < 4.78 is 28.8. The zero-order valence-electron chi connectivity index (χ0n) is 18.9. The second-order valence-electron chi connectivity index (χ2n) is 8.29. The molecule has 4 aromatic rings. The van der Waals surface area contributed by atoms with Gasteiger partial charge in [0.05, 0.1) is 11.0 Å². The minimum atomic E-state index is -3.87. The van der Waals surface area contributed by atoms with E-state index in [1.165, 1.54) is 8.87 Å². The zero-order valence-corrected chi connectivity index (χ0v) is 21.3. The Morgan fingerprint density at radius 2 is 1.79 bits per heavy atom. The number of rotatable bonds is 6. The number of benzene rings is 2. The summed E-state index contributed by atoms with van der Waals surface area (Å²) in [6.45, 7) is 3.75. The van der Waals surface area contributed by atoms with Crippen molar-refractivity contribution in [3.63, 3.8) is 0 Å². The number of nitrogens with zero attached hydrogens (tertiary/aromatic N) is 3. The Kier molecular flexibility index (Phi) is 6.62. The second-order valence-corrected chi connectivity index (χ2v) is 11.0. The van der Waals surface area contributed by atoms with Crippen LogP contribution in [0, 0.1) is 6.92 Å². The topological polar surface area (TPSA) is 92.5 Å². The molecule has 2 aromatic carbocycles. The third-order valence-electron chi connectivity index (χ3n) is 5.48. The number of aromatic nitrogens is 2. The predicted octanol–water partition coefficient (Wildman–Crippen LogP) is 4.46. The molecule has 0 radical (unpaired) electrons. The number of carbonyl (C=O) groups is 1. The molecular formula is C25H24BrN3O4S. The van der Waals surface area contributed by atoms with Crippen molar-refractivity contribution in [1.29, 1.82) is 0 Å². The molecule has 0 bridgehead atoms. The molecular weight excluding hydrogens is 518 g/mol. The fourth-order valence-electron chi connectivity index (χ4n) is 3.78. The van der Waals surface area contributed by atoms with Gasteiger partial charge in [-0.3, -0.25) is 4.79 Å². The van der Waals surface area contributed by atoms with Gasteiger partial charge in [-0.2, -0.15) is 0 Å². The van der Waals surface area contributed by atoms with Crippen LogP contribution in [0.5, 0.6) is 0 Å². The molecule has 4 rings (SSSR count). The summed E-state index contributed by atoms with van der Waals surface area (Å²) in [5.41, 5.74) is 3.18. The molecule has 1 amide bonds. The van der Waals surface area contributed by atoms with Gasteiger partial charge in [-0.15, -0.1) is 0 Å². The van der Waals surface area contributed by atoms with E-state index in [0.717, 1.165) is 15.6 Å². The molecule has 0 aliphatic rings. The van der Waals surface area contributed by atoms with E-state index in [1.54, 1.807) is 74.9 Å².